The SMILES string of the molecule is COc1ccc2cc(/C=C/C(=O)OCC(=O)NCC3(N4CCOCC4)CCCCC3)ccc2c1. The molecule has 2 aromatic rings. The van der Waals surface area contributed by atoms with Crippen molar-refractivity contribution in [2.75, 3.05) is 46.6 Å². The Hall–Kier alpha value is -2.90. The Morgan fingerprint density at radius 2 is 1.79 bits per heavy atom. The third kappa shape index (κ3) is 6.15. The summed E-state index contributed by atoms with van der Waals surface area (Å²) >= 11 is 0. The highest BCUT2D eigenvalue weighted by Gasteiger charge is 2.38. The Labute approximate surface area is 201 Å². The lowest BCUT2D eigenvalue weighted by molar-refractivity contribution is -0.144. The molecule has 4 rings (SSSR count). The monoisotopic (exact) mass is 466 g/mol. The number of hydrogen-bond donors (Lipinski definition) is 1. The van der Waals surface area contributed by atoms with Gasteiger partial charge in [-0.05, 0) is 53.5 Å². The molecule has 0 radical (unpaired) electrons. The fourth-order valence-electron chi connectivity index (χ4n) is 4.99. The summed E-state index contributed by atoms with van der Waals surface area (Å²) in [5.74, 6) is 0.00199. The second-order valence-corrected chi connectivity index (χ2v) is 9.07. The highest BCUT2D eigenvalue weighted by Crippen LogP contribution is 2.33. The van der Waals surface area contributed by atoms with E-state index in [1.165, 1.54) is 25.3 Å². The number of morpholine rings is 1. The van der Waals surface area contributed by atoms with Gasteiger partial charge in [0.05, 0.1) is 20.3 Å². The van der Waals surface area contributed by atoms with Crippen LogP contribution in [0.3, 0.4) is 0 Å². The molecule has 1 aliphatic carbocycles. The Balaban J connectivity index is 1.26. The van der Waals surface area contributed by atoms with E-state index in [1.54, 1.807) is 13.2 Å². The molecule has 182 valence electrons. The van der Waals surface area contributed by atoms with Crippen LogP contribution < -0.4 is 10.1 Å². The molecule has 7 heteroatoms. The smallest absolute Gasteiger partial charge is 0.331 e. The molecule has 1 N–H and O–H groups in total. The van der Waals surface area contributed by atoms with E-state index in [9.17, 15) is 9.59 Å². The van der Waals surface area contributed by atoms with Crippen molar-refractivity contribution in [3.8, 4) is 5.75 Å². The Morgan fingerprint density at radius 1 is 1.06 bits per heavy atom. The average molecular weight is 467 g/mol. The predicted molar refractivity (Wildman–Crippen MR) is 132 cm³/mol. The highest BCUT2D eigenvalue weighted by atomic mass is 16.5. The average Bonchev–Trinajstić information content (AvgIpc) is 2.90. The Morgan fingerprint density at radius 3 is 2.56 bits per heavy atom. The second kappa shape index (κ2) is 11.5. The number of nitrogens with zero attached hydrogens (tertiary/aromatic N) is 1. The number of esters is 1. The van der Waals surface area contributed by atoms with E-state index in [0.717, 1.165) is 61.2 Å². The summed E-state index contributed by atoms with van der Waals surface area (Å²) in [4.78, 5) is 27.1. The highest BCUT2D eigenvalue weighted by molar-refractivity contribution is 5.91. The number of rotatable bonds is 8. The molecule has 1 aliphatic heterocycles. The third-order valence-corrected chi connectivity index (χ3v) is 6.91. The van der Waals surface area contributed by atoms with E-state index >= 15 is 0 Å². The van der Waals surface area contributed by atoms with Crippen LogP contribution in [0.5, 0.6) is 5.75 Å². The van der Waals surface area contributed by atoms with Gasteiger partial charge in [-0.2, -0.15) is 0 Å². The van der Waals surface area contributed by atoms with Gasteiger partial charge < -0.3 is 19.5 Å². The summed E-state index contributed by atoms with van der Waals surface area (Å²) in [7, 11) is 1.64. The lowest BCUT2D eigenvalue weighted by Crippen LogP contribution is -2.59. The van der Waals surface area contributed by atoms with Gasteiger partial charge in [0.25, 0.3) is 5.91 Å². The number of carbonyl (C=O) groups excluding carboxylic acids is 2. The van der Waals surface area contributed by atoms with Gasteiger partial charge in [-0.3, -0.25) is 9.69 Å². The molecule has 0 unspecified atom stereocenters. The van der Waals surface area contributed by atoms with E-state index in [0.29, 0.717) is 6.54 Å². The minimum Gasteiger partial charge on any atom is -0.497 e. The molecule has 2 aliphatic rings. The van der Waals surface area contributed by atoms with E-state index in [4.69, 9.17) is 14.2 Å². The number of benzene rings is 2. The normalized spacial score (nSPS) is 18.6. The van der Waals surface area contributed by atoms with Gasteiger partial charge >= 0.3 is 5.97 Å². The minimum atomic E-state index is -0.537. The van der Waals surface area contributed by atoms with E-state index in [1.807, 2.05) is 36.4 Å². The van der Waals surface area contributed by atoms with E-state index in [2.05, 4.69) is 10.2 Å². The molecule has 1 amide bonds. The summed E-state index contributed by atoms with van der Waals surface area (Å²) in [6.45, 7) is 3.59. The van der Waals surface area contributed by atoms with Gasteiger partial charge in [0.1, 0.15) is 5.75 Å². The van der Waals surface area contributed by atoms with Crippen molar-refractivity contribution in [3.63, 3.8) is 0 Å². The molecule has 2 aromatic carbocycles. The summed E-state index contributed by atoms with van der Waals surface area (Å²) in [6.07, 6.45) is 8.80. The first-order chi connectivity index (χ1) is 16.6. The van der Waals surface area contributed by atoms with Crippen molar-refractivity contribution in [3.05, 3.63) is 48.0 Å². The molecule has 34 heavy (non-hydrogen) atoms. The van der Waals surface area contributed by atoms with Crippen LogP contribution in [0.25, 0.3) is 16.8 Å². The van der Waals surface area contributed by atoms with Crippen molar-refractivity contribution in [2.24, 2.45) is 0 Å². The first-order valence-corrected chi connectivity index (χ1v) is 12.1. The maximum atomic E-state index is 12.4. The zero-order chi connectivity index (χ0) is 23.8. The standard InChI is InChI=1S/C27H34N2O5/c1-32-24-9-8-22-17-21(5-7-23(22)18-24)6-10-26(31)34-19-25(30)28-20-27(11-3-2-4-12-27)29-13-15-33-16-14-29/h5-10,17-18H,2-4,11-16,19-20H2,1H3,(H,28,30)/b10-6+. The predicted octanol–water partition coefficient (Wildman–Crippen LogP) is 3.56. The van der Waals surface area contributed by atoms with Crippen LogP contribution in [0.4, 0.5) is 0 Å². The van der Waals surface area contributed by atoms with Gasteiger partial charge in [-0.15, -0.1) is 0 Å². The maximum absolute atomic E-state index is 12.4. The van der Waals surface area contributed by atoms with Crippen LogP contribution in [-0.4, -0.2) is 68.9 Å². The summed E-state index contributed by atoms with van der Waals surface area (Å²) in [5, 5.41) is 5.12. The van der Waals surface area contributed by atoms with Crippen molar-refractivity contribution in [1.82, 2.24) is 10.2 Å². The van der Waals surface area contributed by atoms with Crippen LogP contribution in [0.2, 0.25) is 0 Å². The summed E-state index contributed by atoms with van der Waals surface area (Å²) in [5.41, 5.74) is 0.866. The number of fused-ring (bicyclic) bond motifs is 1. The molecule has 0 bridgehead atoms. The van der Waals surface area contributed by atoms with Crippen LogP contribution in [0, 0.1) is 0 Å². The number of methoxy groups -OCH3 is 1. The van der Waals surface area contributed by atoms with Gasteiger partial charge in [0.15, 0.2) is 6.61 Å². The van der Waals surface area contributed by atoms with Crippen molar-refractivity contribution in [2.45, 2.75) is 37.6 Å². The zero-order valence-corrected chi connectivity index (χ0v) is 19.9. The third-order valence-electron chi connectivity index (χ3n) is 6.91. The number of amides is 1. The van der Waals surface area contributed by atoms with Crippen molar-refractivity contribution in [1.29, 1.82) is 0 Å². The molecule has 0 aromatic heterocycles. The van der Waals surface area contributed by atoms with Crippen molar-refractivity contribution >= 4 is 28.7 Å². The van der Waals surface area contributed by atoms with Crippen LogP contribution in [-0.2, 0) is 19.1 Å². The molecule has 2 fully saturated rings. The molecule has 1 heterocycles. The quantitative estimate of drug-likeness (QED) is 0.474. The van der Waals surface area contributed by atoms with Gasteiger partial charge in [0.2, 0.25) is 0 Å². The minimum absolute atomic E-state index is 0.0122. The Kier molecular flexibility index (Phi) is 8.19. The van der Waals surface area contributed by atoms with Crippen molar-refractivity contribution < 1.29 is 23.8 Å². The molecular weight excluding hydrogens is 432 g/mol. The zero-order valence-electron chi connectivity index (χ0n) is 19.9. The summed E-state index contributed by atoms with van der Waals surface area (Å²) < 4.78 is 15.9. The van der Waals surface area contributed by atoms with Crippen LogP contribution >= 0.6 is 0 Å². The molecular formula is C27H34N2O5. The fraction of sp³-hybridized carbons (Fsp3) is 0.481. The second-order valence-electron chi connectivity index (χ2n) is 9.07. The van der Waals surface area contributed by atoms with E-state index in [-0.39, 0.29) is 18.1 Å². The number of carbonyl (C=O) groups is 2. The maximum Gasteiger partial charge on any atom is 0.331 e. The number of hydrogen-bond acceptors (Lipinski definition) is 6. The first kappa shape index (κ1) is 24.2. The molecule has 1 saturated heterocycles. The Bertz CT molecular complexity index is 1020. The topological polar surface area (TPSA) is 77.1 Å². The number of nitrogens with one attached hydrogen (secondary N) is 1. The first-order valence-electron chi connectivity index (χ1n) is 12.1. The van der Waals surface area contributed by atoms with E-state index < -0.39 is 5.97 Å². The number of ether oxygens (including phenoxy) is 3. The fourth-order valence-corrected chi connectivity index (χ4v) is 4.99. The lowest BCUT2D eigenvalue weighted by atomic mass is 9.79. The lowest BCUT2D eigenvalue weighted by Gasteiger charge is -2.48. The largest absolute Gasteiger partial charge is 0.497 e. The van der Waals surface area contributed by atoms with Crippen LogP contribution in [0.1, 0.15) is 37.7 Å². The molecule has 1 saturated carbocycles. The molecule has 0 spiro atoms. The summed E-state index contributed by atoms with van der Waals surface area (Å²) in [6, 6.07) is 11.7. The van der Waals surface area contributed by atoms with Gasteiger partial charge in [-0.25, -0.2) is 4.79 Å². The molecule has 7 nitrogen and oxygen atoms in total. The molecule has 0 atom stereocenters. The van der Waals surface area contributed by atoms with Crippen LogP contribution in [0.15, 0.2) is 42.5 Å². The van der Waals surface area contributed by atoms with Gasteiger partial charge in [0, 0.05) is 31.2 Å². The van der Waals surface area contributed by atoms with Gasteiger partial charge in [-0.1, -0.05) is 37.5 Å².